The van der Waals surface area contributed by atoms with Crippen LogP contribution in [-0.2, 0) is 17.5 Å². The van der Waals surface area contributed by atoms with Crippen molar-refractivity contribution in [2.45, 2.75) is 12.8 Å². The number of nitrogens with zero attached hydrogens (tertiary/aromatic N) is 1. The molecule has 0 atom stereocenters. The van der Waals surface area contributed by atoms with E-state index in [1.807, 2.05) is 30.3 Å². The standard InChI is InChI=1S/C22H16F3NO/c23-22(24,25)19-11-7-16(8-12-19)4-3-13-27-15-21-18(14-26)10-9-17-5-1-2-6-20(17)21/h1-12H,13,15H2/b4-3+. The molecule has 27 heavy (non-hydrogen) atoms. The molecule has 136 valence electrons. The van der Waals surface area contributed by atoms with Crippen molar-refractivity contribution in [1.29, 1.82) is 5.26 Å². The molecular formula is C22H16F3NO. The summed E-state index contributed by atoms with van der Waals surface area (Å²) in [5.74, 6) is 0. The first-order valence-electron chi connectivity index (χ1n) is 8.31. The summed E-state index contributed by atoms with van der Waals surface area (Å²) in [6.07, 6.45) is -0.892. The summed E-state index contributed by atoms with van der Waals surface area (Å²) in [5.41, 5.74) is 1.39. The van der Waals surface area contributed by atoms with Crippen LogP contribution >= 0.6 is 0 Å². The fourth-order valence-corrected chi connectivity index (χ4v) is 2.79. The van der Waals surface area contributed by atoms with E-state index in [4.69, 9.17) is 4.74 Å². The number of halogens is 3. The van der Waals surface area contributed by atoms with Crippen LogP contribution in [0.1, 0.15) is 22.3 Å². The lowest BCUT2D eigenvalue weighted by atomic mass is 10.0. The van der Waals surface area contributed by atoms with Gasteiger partial charge in [0.2, 0.25) is 0 Å². The Morgan fingerprint density at radius 2 is 1.70 bits per heavy atom. The molecule has 3 aromatic carbocycles. The van der Waals surface area contributed by atoms with Crippen LogP contribution in [0.5, 0.6) is 0 Å². The van der Waals surface area contributed by atoms with E-state index in [0.717, 1.165) is 28.5 Å². The Kier molecular flexibility index (Phi) is 5.58. The molecule has 0 spiro atoms. The second-order valence-electron chi connectivity index (χ2n) is 5.96. The molecule has 0 aliphatic carbocycles. The number of nitriles is 1. The van der Waals surface area contributed by atoms with E-state index >= 15 is 0 Å². The zero-order valence-electron chi connectivity index (χ0n) is 14.3. The van der Waals surface area contributed by atoms with Gasteiger partial charge in [0.25, 0.3) is 0 Å². The fourth-order valence-electron chi connectivity index (χ4n) is 2.79. The van der Waals surface area contributed by atoms with Gasteiger partial charge in [-0.05, 0) is 34.5 Å². The molecule has 2 nitrogen and oxygen atoms in total. The number of alkyl halides is 3. The lowest BCUT2D eigenvalue weighted by Gasteiger charge is -2.09. The summed E-state index contributed by atoms with van der Waals surface area (Å²) >= 11 is 0. The largest absolute Gasteiger partial charge is 0.416 e. The zero-order chi connectivity index (χ0) is 19.3. The minimum absolute atomic E-state index is 0.279. The number of benzene rings is 3. The first-order chi connectivity index (χ1) is 13.0. The summed E-state index contributed by atoms with van der Waals surface area (Å²) < 4.78 is 43.3. The lowest BCUT2D eigenvalue weighted by Crippen LogP contribution is -2.03. The smallest absolute Gasteiger partial charge is 0.373 e. The number of hydrogen-bond donors (Lipinski definition) is 0. The Balaban J connectivity index is 1.63. The fraction of sp³-hybridized carbons (Fsp3) is 0.136. The highest BCUT2D eigenvalue weighted by atomic mass is 19.4. The minimum Gasteiger partial charge on any atom is -0.373 e. The quantitative estimate of drug-likeness (QED) is 0.521. The zero-order valence-corrected chi connectivity index (χ0v) is 14.3. The molecule has 0 heterocycles. The Labute approximate surface area is 155 Å². The molecule has 3 rings (SSSR count). The van der Waals surface area contributed by atoms with Gasteiger partial charge in [-0.1, -0.05) is 54.6 Å². The van der Waals surface area contributed by atoms with Crippen molar-refractivity contribution in [3.63, 3.8) is 0 Å². The molecule has 0 N–H and O–H groups in total. The van der Waals surface area contributed by atoms with E-state index in [0.29, 0.717) is 11.1 Å². The Morgan fingerprint density at radius 1 is 0.963 bits per heavy atom. The maximum Gasteiger partial charge on any atom is 0.416 e. The SMILES string of the molecule is N#Cc1ccc2ccccc2c1COC/C=C/c1ccc(C(F)(F)F)cc1. The highest BCUT2D eigenvalue weighted by Crippen LogP contribution is 2.29. The predicted octanol–water partition coefficient (Wildman–Crippen LogP) is 5.96. The molecule has 3 aromatic rings. The molecule has 0 saturated heterocycles. The molecule has 0 amide bonds. The predicted molar refractivity (Wildman–Crippen MR) is 98.8 cm³/mol. The van der Waals surface area contributed by atoms with Gasteiger partial charge in [0, 0.05) is 5.56 Å². The first kappa shape index (κ1) is 18.7. The molecule has 0 bridgehead atoms. The Bertz CT molecular complexity index is 999. The average Bonchev–Trinajstić information content (AvgIpc) is 2.67. The van der Waals surface area contributed by atoms with Crippen LogP contribution in [0.2, 0.25) is 0 Å². The second kappa shape index (κ2) is 8.07. The van der Waals surface area contributed by atoms with Gasteiger partial charge in [-0.3, -0.25) is 0 Å². The van der Waals surface area contributed by atoms with Gasteiger partial charge in [0.1, 0.15) is 0 Å². The highest BCUT2D eigenvalue weighted by Gasteiger charge is 2.29. The molecule has 0 saturated carbocycles. The third-order valence-corrected chi connectivity index (χ3v) is 4.17. The molecule has 0 unspecified atom stereocenters. The summed E-state index contributed by atoms with van der Waals surface area (Å²) in [5, 5.41) is 11.3. The van der Waals surface area contributed by atoms with Crippen molar-refractivity contribution >= 4 is 16.8 Å². The Morgan fingerprint density at radius 3 is 2.41 bits per heavy atom. The van der Waals surface area contributed by atoms with Crippen LogP contribution in [0, 0.1) is 11.3 Å². The lowest BCUT2D eigenvalue weighted by molar-refractivity contribution is -0.137. The van der Waals surface area contributed by atoms with Crippen molar-refractivity contribution in [2.24, 2.45) is 0 Å². The van der Waals surface area contributed by atoms with Crippen molar-refractivity contribution in [2.75, 3.05) is 6.61 Å². The van der Waals surface area contributed by atoms with E-state index in [2.05, 4.69) is 6.07 Å². The third kappa shape index (κ3) is 4.55. The van der Waals surface area contributed by atoms with Crippen LogP contribution in [0.25, 0.3) is 16.8 Å². The molecular weight excluding hydrogens is 351 g/mol. The van der Waals surface area contributed by atoms with Gasteiger partial charge >= 0.3 is 6.18 Å². The topological polar surface area (TPSA) is 33.0 Å². The molecule has 0 radical (unpaired) electrons. The average molecular weight is 367 g/mol. The maximum absolute atomic E-state index is 12.5. The number of ether oxygens (including phenoxy) is 1. The van der Waals surface area contributed by atoms with E-state index in [-0.39, 0.29) is 13.2 Å². The van der Waals surface area contributed by atoms with Crippen molar-refractivity contribution in [3.8, 4) is 6.07 Å². The monoisotopic (exact) mass is 367 g/mol. The van der Waals surface area contributed by atoms with E-state index < -0.39 is 11.7 Å². The Hall–Kier alpha value is -3.10. The van der Waals surface area contributed by atoms with Crippen LogP contribution in [0.15, 0.2) is 66.7 Å². The molecule has 5 heteroatoms. The van der Waals surface area contributed by atoms with Crippen LogP contribution in [0.3, 0.4) is 0 Å². The number of rotatable bonds is 5. The van der Waals surface area contributed by atoms with Gasteiger partial charge < -0.3 is 4.74 Å². The van der Waals surface area contributed by atoms with Crippen molar-refractivity contribution in [1.82, 2.24) is 0 Å². The molecule has 0 aliphatic rings. The van der Waals surface area contributed by atoms with Crippen molar-refractivity contribution < 1.29 is 17.9 Å². The number of fused-ring (bicyclic) bond motifs is 1. The second-order valence-corrected chi connectivity index (χ2v) is 5.96. The molecule has 0 aromatic heterocycles. The summed E-state index contributed by atoms with van der Waals surface area (Å²) in [6, 6.07) is 18.6. The van der Waals surface area contributed by atoms with Crippen molar-refractivity contribution in [3.05, 3.63) is 89.0 Å². The normalized spacial score (nSPS) is 11.8. The van der Waals surface area contributed by atoms with Gasteiger partial charge in [0.05, 0.1) is 30.4 Å². The highest BCUT2D eigenvalue weighted by molar-refractivity contribution is 5.87. The van der Waals surface area contributed by atoms with Gasteiger partial charge in [-0.25, -0.2) is 0 Å². The van der Waals surface area contributed by atoms with Gasteiger partial charge in [-0.15, -0.1) is 0 Å². The van der Waals surface area contributed by atoms with E-state index in [1.165, 1.54) is 12.1 Å². The van der Waals surface area contributed by atoms with Crippen LogP contribution in [0.4, 0.5) is 13.2 Å². The number of hydrogen-bond acceptors (Lipinski definition) is 2. The molecule has 0 aliphatic heterocycles. The van der Waals surface area contributed by atoms with Crippen LogP contribution < -0.4 is 0 Å². The van der Waals surface area contributed by atoms with E-state index in [1.54, 1.807) is 18.2 Å². The van der Waals surface area contributed by atoms with Crippen LogP contribution in [-0.4, -0.2) is 6.61 Å². The van der Waals surface area contributed by atoms with Gasteiger partial charge in [-0.2, -0.15) is 18.4 Å². The van der Waals surface area contributed by atoms with E-state index in [9.17, 15) is 18.4 Å². The minimum atomic E-state index is -4.33. The maximum atomic E-state index is 12.5. The molecule has 0 fully saturated rings. The first-order valence-corrected chi connectivity index (χ1v) is 8.31. The van der Waals surface area contributed by atoms with Gasteiger partial charge in [0.15, 0.2) is 0 Å². The third-order valence-electron chi connectivity index (χ3n) is 4.17. The summed E-state index contributed by atoms with van der Waals surface area (Å²) in [6.45, 7) is 0.566. The summed E-state index contributed by atoms with van der Waals surface area (Å²) in [7, 11) is 0. The summed E-state index contributed by atoms with van der Waals surface area (Å²) in [4.78, 5) is 0.